The van der Waals surface area contributed by atoms with Crippen LogP contribution in [0.4, 0.5) is 0 Å². The first-order valence-corrected chi connectivity index (χ1v) is 8.02. The fourth-order valence-corrected chi connectivity index (χ4v) is 3.08. The van der Waals surface area contributed by atoms with Gasteiger partial charge in [-0.1, -0.05) is 18.2 Å². The third-order valence-electron chi connectivity index (χ3n) is 4.51. The molecule has 0 atom stereocenters. The third kappa shape index (κ3) is 3.66. The second-order valence-electron chi connectivity index (χ2n) is 6.16. The molecule has 116 valence electrons. The number of piperidine rings is 1. The molecule has 0 spiro atoms. The van der Waals surface area contributed by atoms with Gasteiger partial charge in [-0.3, -0.25) is 4.98 Å². The molecular weight excluding hydrogens is 272 g/mol. The Balaban J connectivity index is 1.70. The molecule has 1 aliphatic heterocycles. The van der Waals surface area contributed by atoms with Gasteiger partial charge in [0.2, 0.25) is 0 Å². The third-order valence-corrected chi connectivity index (χ3v) is 4.51. The van der Waals surface area contributed by atoms with Gasteiger partial charge in [-0.05, 0) is 62.8 Å². The van der Waals surface area contributed by atoms with Crippen molar-refractivity contribution in [3.8, 4) is 5.75 Å². The summed E-state index contributed by atoms with van der Waals surface area (Å²) in [6.45, 7) is 2.35. The van der Waals surface area contributed by atoms with Crippen molar-refractivity contribution in [3.05, 3.63) is 59.4 Å². The molecule has 1 aliphatic rings. The van der Waals surface area contributed by atoms with E-state index in [0.717, 1.165) is 17.9 Å². The smallest absolute Gasteiger partial charge is 0.118 e. The molecule has 1 saturated heterocycles. The molecule has 0 amide bonds. The molecule has 2 heterocycles. The molecule has 0 bridgehead atoms. The average molecular weight is 296 g/mol. The van der Waals surface area contributed by atoms with Gasteiger partial charge in [-0.25, -0.2) is 0 Å². The summed E-state index contributed by atoms with van der Waals surface area (Å²) < 4.78 is 5.21. The summed E-state index contributed by atoms with van der Waals surface area (Å²) in [6.07, 6.45) is 3.31. The number of nitrogens with zero attached hydrogens (tertiary/aromatic N) is 2. The first kappa shape index (κ1) is 15.0. The van der Waals surface area contributed by atoms with E-state index >= 15 is 0 Å². The standard InChI is InChI=1S/C19H24N2O/c1-21-12-10-16(11-13-21)19-5-3-4-17(20-19)14-15-6-8-18(22-2)9-7-15/h3-9,16H,10-14H2,1-2H3. The minimum Gasteiger partial charge on any atom is -0.497 e. The summed E-state index contributed by atoms with van der Waals surface area (Å²) in [4.78, 5) is 7.31. The largest absolute Gasteiger partial charge is 0.497 e. The molecule has 3 rings (SSSR count). The van der Waals surface area contributed by atoms with Crippen molar-refractivity contribution < 1.29 is 4.74 Å². The molecule has 3 nitrogen and oxygen atoms in total. The Morgan fingerprint density at radius 2 is 1.82 bits per heavy atom. The van der Waals surface area contributed by atoms with Gasteiger partial charge in [0.15, 0.2) is 0 Å². The first-order chi connectivity index (χ1) is 10.7. The molecule has 1 aromatic heterocycles. The van der Waals surface area contributed by atoms with Crippen LogP contribution in [0.2, 0.25) is 0 Å². The fourth-order valence-electron chi connectivity index (χ4n) is 3.08. The summed E-state index contributed by atoms with van der Waals surface area (Å²) in [5, 5.41) is 0. The first-order valence-electron chi connectivity index (χ1n) is 8.02. The van der Waals surface area contributed by atoms with Gasteiger partial charge in [-0.2, -0.15) is 0 Å². The van der Waals surface area contributed by atoms with Gasteiger partial charge < -0.3 is 9.64 Å². The number of hydrogen-bond donors (Lipinski definition) is 0. The molecule has 1 aromatic carbocycles. The van der Waals surface area contributed by atoms with Gasteiger partial charge >= 0.3 is 0 Å². The fraction of sp³-hybridized carbons (Fsp3) is 0.421. The van der Waals surface area contributed by atoms with Crippen molar-refractivity contribution in [3.63, 3.8) is 0 Å². The Kier molecular flexibility index (Phi) is 4.74. The zero-order valence-electron chi connectivity index (χ0n) is 13.5. The van der Waals surface area contributed by atoms with E-state index in [1.165, 1.54) is 37.2 Å². The Morgan fingerprint density at radius 3 is 2.50 bits per heavy atom. The van der Waals surface area contributed by atoms with Gasteiger partial charge in [0.05, 0.1) is 7.11 Å². The Labute approximate surface area is 132 Å². The SMILES string of the molecule is COc1ccc(Cc2cccc(C3CCN(C)CC3)n2)cc1. The van der Waals surface area contributed by atoms with Gasteiger partial charge in [0, 0.05) is 23.7 Å². The zero-order chi connectivity index (χ0) is 15.4. The van der Waals surface area contributed by atoms with Gasteiger partial charge in [0.1, 0.15) is 5.75 Å². The maximum absolute atomic E-state index is 5.21. The van der Waals surface area contributed by atoms with E-state index in [1.807, 2.05) is 12.1 Å². The minimum atomic E-state index is 0.618. The highest BCUT2D eigenvalue weighted by molar-refractivity contribution is 5.30. The van der Waals surface area contributed by atoms with E-state index in [2.05, 4.69) is 42.3 Å². The number of hydrogen-bond acceptors (Lipinski definition) is 3. The maximum Gasteiger partial charge on any atom is 0.118 e. The highest BCUT2D eigenvalue weighted by atomic mass is 16.5. The maximum atomic E-state index is 5.21. The zero-order valence-corrected chi connectivity index (χ0v) is 13.5. The molecule has 22 heavy (non-hydrogen) atoms. The monoisotopic (exact) mass is 296 g/mol. The lowest BCUT2D eigenvalue weighted by Gasteiger charge is -2.28. The van der Waals surface area contributed by atoms with E-state index in [9.17, 15) is 0 Å². The van der Waals surface area contributed by atoms with Crippen LogP contribution in [0.15, 0.2) is 42.5 Å². The summed E-state index contributed by atoms with van der Waals surface area (Å²) in [5.41, 5.74) is 3.69. The van der Waals surface area contributed by atoms with Crippen LogP contribution in [0.5, 0.6) is 5.75 Å². The predicted octanol–water partition coefficient (Wildman–Crippen LogP) is 3.49. The minimum absolute atomic E-state index is 0.618. The highest BCUT2D eigenvalue weighted by Crippen LogP contribution is 2.26. The van der Waals surface area contributed by atoms with E-state index in [4.69, 9.17) is 9.72 Å². The summed E-state index contributed by atoms with van der Waals surface area (Å²) in [6, 6.07) is 14.7. The molecular formula is C19H24N2O. The molecule has 0 aliphatic carbocycles. The second kappa shape index (κ2) is 6.93. The van der Waals surface area contributed by atoms with Crippen molar-refractivity contribution in [2.45, 2.75) is 25.2 Å². The number of methoxy groups -OCH3 is 1. The van der Waals surface area contributed by atoms with E-state index in [1.54, 1.807) is 7.11 Å². The molecule has 0 saturated carbocycles. The lowest BCUT2D eigenvalue weighted by atomic mass is 9.93. The summed E-state index contributed by atoms with van der Waals surface area (Å²) >= 11 is 0. The number of pyridine rings is 1. The number of rotatable bonds is 4. The van der Waals surface area contributed by atoms with E-state index in [-0.39, 0.29) is 0 Å². The van der Waals surface area contributed by atoms with Crippen molar-refractivity contribution in [1.29, 1.82) is 0 Å². The lowest BCUT2D eigenvalue weighted by Crippen LogP contribution is -2.29. The molecule has 2 aromatic rings. The molecule has 1 fully saturated rings. The van der Waals surface area contributed by atoms with Crippen LogP contribution in [0.1, 0.15) is 35.7 Å². The quantitative estimate of drug-likeness (QED) is 0.863. The second-order valence-corrected chi connectivity index (χ2v) is 6.16. The van der Waals surface area contributed by atoms with Gasteiger partial charge in [0.25, 0.3) is 0 Å². The highest BCUT2D eigenvalue weighted by Gasteiger charge is 2.19. The normalized spacial score (nSPS) is 16.6. The topological polar surface area (TPSA) is 25.4 Å². The van der Waals surface area contributed by atoms with Crippen LogP contribution in [-0.4, -0.2) is 37.1 Å². The van der Waals surface area contributed by atoms with Gasteiger partial charge in [-0.15, -0.1) is 0 Å². The van der Waals surface area contributed by atoms with Crippen LogP contribution in [-0.2, 0) is 6.42 Å². The number of benzene rings is 1. The molecule has 0 radical (unpaired) electrons. The molecule has 0 N–H and O–H groups in total. The van der Waals surface area contributed by atoms with Crippen LogP contribution >= 0.6 is 0 Å². The summed E-state index contributed by atoms with van der Waals surface area (Å²) in [7, 11) is 3.89. The summed E-state index contributed by atoms with van der Waals surface area (Å²) in [5.74, 6) is 1.52. The van der Waals surface area contributed by atoms with Crippen molar-refractivity contribution >= 4 is 0 Å². The number of ether oxygens (including phenoxy) is 1. The lowest BCUT2D eigenvalue weighted by molar-refractivity contribution is 0.253. The number of likely N-dealkylation sites (tertiary alicyclic amines) is 1. The van der Waals surface area contributed by atoms with Crippen molar-refractivity contribution in [2.24, 2.45) is 0 Å². The van der Waals surface area contributed by atoms with Crippen LogP contribution < -0.4 is 4.74 Å². The van der Waals surface area contributed by atoms with Crippen LogP contribution in [0.25, 0.3) is 0 Å². The average Bonchev–Trinajstić information content (AvgIpc) is 2.56. The van der Waals surface area contributed by atoms with E-state index in [0.29, 0.717) is 5.92 Å². The molecule has 3 heteroatoms. The predicted molar refractivity (Wildman–Crippen MR) is 89.5 cm³/mol. The number of aromatic nitrogens is 1. The Hall–Kier alpha value is -1.87. The Morgan fingerprint density at radius 1 is 1.09 bits per heavy atom. The van der Waals surface area contributed by atoms with Crippen LogP contribution in [0, 0.1) is 0 Å². The van der Waals surface area contributed by atoms with Crippen LogP contribution in [0.3, 0.4) is 0 Å². The van der Waals surface area contributed by atoms with E-state index < -0.39 is 0 Å². The van der Waals surface area contributed by atoms with Crippen molar-refractivity contribution in [2.75, 3.05) is 27.2 Å². The Bertz CT molecular complexity index is 601. The van der Waals surface area contributed by atoms with Crippen molar-refractivity contribution in [1.82, 2.24) is 9.88 Å². The molecule has 0 unspecified atom stereocenters.